The van der Waals surface area contributed by atoms with Gasteiger partial charge in [-0.1, -0.05) is 24.3 Å². The van der Waals surface area contributed by atoms with Crippen LogP contribution < -0.4 is 0 Å². The fraction of sp³-hybridized carbons (Fsp3) is 0. The molecule has 1 aliphatic carbocycles. The Kier molecular flexibility index (Phi) is 2.36. The van der Waals surface area contributed by atoms with Crippen LogP contribution in [0.2, 0.25) is 0 Å². The van der Waals surface area contributed by atoms with Crippen LogP contribution in [0.4, 0.5) is 0 Å². The highest BCUT2D eigenvalue weighted by molar-refractivity contribution is 6.32. The number of nitrogens with one attached hydrogen (secondary N) is 1. The predicted molar refractivity (Wildman–Crippen MR) is 78.6 cm³/mol. The number of hydrogen-bond donors (Lipinski definition) is 2. The van der Waals surface area contributed by atoms with Crippen molar-refractivity contribution in [2.75, 3.05) is 0 Å². The number of carbonyl (C=O) groups excluding carboxylic acids is 2. The van der Waals surface area contributed by atoms with E-state index in [1.165, 1.54) is 12.1 Å². The van der Waals surface area contributed by atoms with Gasteiger partial charge in [0.05, 0.1) is 16.8 Å². The summed E-state index contributed by atoms with van der Waals surface area (Å²) < 4.78 is 0. The second-order valence-corrected chi connectivity index (χ2v) is 5.14. The first-order chi connectivity index (χ1) is 10.6. The molecule has 0 amide bonds. The maximum absolute atomic E-state index is 12.7. The average molecular weight is 291 g/mol. The number of carboxylic acid groups (broad SMARTS) is 1. The van der Waals surface area contributed by atoms with E-state index in [9.17, 15) is 14.4 Å². The van der Waals surface area contributed by atoms with Gasteiger partial charge in [0.2, 0.25) is 5.78 Å². The topological polar surface area (TPSA) is 87.2 Å². The maximum atomic E-state index is 12.7. The Hall–Kier alpha value is -3.21. The van der Waals surface area contributed by atoms with Gasteiger partial charge in [-0.15, -0.1) is 0 Å². The molecule has 2 N–H and O–H groups in total. The molecule has 2 aromatic carbocycles. The molecule has 22 heavy (non-hydrogen) atoms. The van der Waals surface area contributed by atoms with Crippen LogP contribution in [0.5, 0.6) is 0 Å². The second kappa shape index (κ2) is 4.14. The van der Waals surface area contributed by atoms with Gasteiger partial charge in [-0.05, 0) is 18.2 Å². The van der Waals surface area contributed by atoms with Gasteiger partial charge in [0.15, 0.2) is 5.78 Å². The van der Waals surface area contributed by atoms with E-state index in [0.29, 0.717) is 22.0 Å². The van der Waals surface area contributed by atoms with Crippen molar-refractivity contribution in [1.29, 1.82) is 0 Å². The summed E-state index contributed by atoms with van der Waals surface area (Å²) in [5.41, 5.74) is 1.84. The number of rotatable bonds is 1. The van der Waals surface area contributed by atoms with Gasteiger partial charge >= 0.3 is 5.97 Å². The zero-order valence-corrected chi connectivity index (χ0v) is 11.2. The molecule has 5 nitrogen and oxygen atoms in total. The molecule has 0 saturated heterocycles. The molecule has 4 rings (SSSR count). The van der Waals surface area contributed by atoms with Crippen LogP contribution >= 0.6 is 0 Å². The molecule has 5 heteroatoms. The van der Waals surface area contributed by atoms with Gasteiger partial charge in [-0.25, -0.2) is 4.79 Å². The Morgan fingerprint density at radius 1 is 0.955 bits per heavy atom. The third-order valence-corrected chi connectivity index (χ3v) is 3.92. The smallest absolute Gasteiger partial charge is 0.335 e. The molecule has 1 aliphatic rings. The van der Waals surface area contributed by atoms with E-state index >= 15 is 0 Å². The second-order valence-electron chi connectivity index (χ2n) is 5.14. The van der Waals surface area contributed by atoms with Crippen LogP contribution in [0.3, 0.4) is 0 Å². The lowest BCUT2D eigenvalue weighted by molar-refractivity contribution is 0.0696. The fourth-order valence-electron chi connectivity index (χ4n) is 2.88. The maximum Gasteiger partial charge on any atom is 0.335 e. The van der Waals surface area contributed by atoms with E-state index < -0.39 is 5.97 Å². The molecule has 1 aromatic heterocycles. The summed E-state index contributed by atoms with van der Waals surface area (Å²) in [6.45, 7) is 0. The first-order valence-corrected chi connectivity index (χ1v) is 6.65. The standard InChI is InChI=1S/C17H9NO4/c19-15-9-3-1-2-4-10(9)16(20)14-13(15)11-7-8(17(21)22)5-6-12(11)18-14/h1-7,18H,(H,21,22). The molecule has 0 unspecified atom stereocenters. The number of fused-ring (bicyclic) bond motifs is 4. The van der Waals surface area contributed by atoms with Crippen molar-refractivity contribution in [3.63, 3.8) is 0 Å². The molecular weight excluding hydrogens is 282 g/mol. The number of hydrogen-bond acceptors (Lipinski definition) is 3. The van der Waals surface area contributed by atoms with Crippen molar-refractivity contribution < 1.29 is 19.5 Å². The molecule has 0 fully saturated rings. The minimum Gasteiger partial charge on any atom is -0.478 e. The number of carboxylic acids is 1. The van der Waals surface area contributed by atoms with Gasteiger partial charge in [-0.2, -0.15) is 0 Å². The largest absolute Gasteiger partial charge is 0.478 e. The summed E-state index contributed by atoms with van der Waals surface area (Å²) in [6.07, 6.45) is 0. The molecule has 0 saturated carbocycles. The Labute approximate surface area is 124 Å². The van der Waals surface area contributed by atoms with E-state index in [2.05, 4.69) is 4.98 Å². The normalized spacial score (nSPS) is 13.1. The van der Waals surface area contributed by atoms with Crippen molar-refractivity contribution in [2.24, 2.45) is 0 Å². The number of aromatic amines is 1. The number of aromatic carboxylic acids is 1. The van der Waals surface area contributed by atoms with E-state index in [0.717, 1.165) is 0 Å². The number of benzene rings is 2. The number of carbonyl (C=O) groups is 3. The van der Waals surface area contributed by atoms with E-state index in [1.54, 1.807) is 30.3 Å². The van der Waals surface area contributed by atoms with Crippen LogP contribution in [0, 0.1) is 0 Å². The molecule has 0 aliphatic heterocycles. The van der Waals surface area contributed by atoms with Crippen molar-refractivity contribution in [1.82, 2.24) is 4.98 Å². The Bertz CT molecular complexity index is 997. The fourth-order valence-corrected chi connectivity index (χ4v) is 2.88. The van der Waals surface area contributed by atoms with E-state index in [1.807, 2.05) is 0 Å². The molecule has 1 heterocycles. The predicted octanol–water partition coefficient (Wildman–Crippen LogP) is 2.64. The molecule has 0 bridgehead atoms. The minimum absolute atomic E-state index is 0.0772. The van der Waals surface area contributed by atoms with Crippen LogP contribution in [-0.2, 0) is 0 Å². The average Bonchev–Trinajstić information content (AvgIpc) is 2.91. The monoisotopic (exact) mass is 291 g/mol. The lowest BCUT2D eigenvalue weighted by Crippen LogP contribution is -2.20. The van der Waals surface area contributed by atoms with Crippen molar-refractivity contribution in [2.45, 2.75) is 0 Å². The Morgan fingerprint density at radius 2 is 1.64 bits per heavy atom. The highest BCUT2D eigenvalue weighted by atomic mass is 16.4. The summed E-state index contributed by atoms with van der Waals surface area (Å²) in [6, 6.07) is 11.1. The van der Waals surface area contributed by atoms with E-state index in [4.69, 9.17) is 5.11 Å². The number of ketones is 2. The Morgan fingerprint density at radius 3 is 2.32 bits per heavy atom. The Balaban J connectivity index is 2.07. The summed E-state index contributed by atoms with van der Waals surface area (Å²) in [5, 5.41) is 9.56. The minimum atomic E-state index is -1.08. The van der Waals surface area contributed by atoms with Gasteiger partial charge in [-0.3, -0.25) is 9.59 Å². The third kappa shape index (κ3) is 1.50. The lowest BCUT2D eigenvalue weighted by atomic mass is 9.87. The first-order valence-electron chi connectivity index (χ1n) is 6.65. The lowest BCUT2D eigenvalue weighted by Gasteiger charge is -2.13. The van der Waals surface area contributed by atoms with Crippen LogP contribution in [0.15, 0.2) is 42.5 Å². The van der Waals surface area contributed by atoms with Crippen LogP contribution in [0.1, 0.15) is 42.3 Å². The van der Waals surface area contributed by atoms with Crippen molar-refractivity contribution >= 4 is 28.4 Å². The highest BCUT2D eigenvalue weighted by Crippen LogP contribution is 2.32. The summed E-state index contributed by atoms with van der Waals surface area (Å²) >= 11 is 0. The van der Waals surface area contributed by atoms with Gasteiger partial charge in [0, 0.05) is 22.0 Å². The number of H-pyrrole nitrogens is 1. The van der Waals surface area contributed by atoms with Crippen LogP contribution in [0.25, 0.3) is 10.9 Å². The van der Waals surface area contributed by atoms with Crippen molar-refractivity contribution in [3.8, 4) is 0 Å². The molecule has 3 aromatic rings. The van der Waals surface area contributed by atoms with Crippen molar-refractivity contribution in [3.05, 3.63) is 70.4 Å². The van der Waals surface area contributed by atoms with E-state index in [-0.39, 0.29) is 28.4 Å². The summed E-state index contributed by atoms with van der Waals surface area (Å²) in [5.74, 6) is -1.59. The molecule has 0 atom stereocenters. The van der Waals surface area contributed by atoms with Gasteiger partial charge in [0.25, 0.3) is 0 Å². The third-order valence-electron chi connectivity index (χ3n) is 3.92. The quantitative estimate of drug-likeness (QED) is 0.564. The zero-order chi connectivity index (χ0) is 15.4. The summed E-state index contributed by atoms with van der Waals surface area (Å²) in [4.78, 5) is 39.3. The molecule has 106 valence electrons. The summed E-state index contributed by atoms with van der Waals surface area (Å²) in [7, 11) is 0. The number of aromatic nitrogens is 1. The highest BCUT2D eigenvalue weighted by Gasteiger charge is 2.32. The van der Waals surface area contributed by atoms with Crippen LogP contribution in [-0.4, -0.2) is 27.6 Å². The zero-order valence-electron chi connectivity index (χ0n) is 11.2. The molecule has 0 radical (unpaired) electrons. The first kappa shape index (κ1) is 12.5. The van der Waals surface area contributed by atoms with Gasteiger partial charge < -0.3 is 10.1 Å². The SMILES string of the molecule is O=C(O)c1ccc2[nH]c3c(c2c1)C(=O)c1ccccc1C3=O. The molecular formula is C17H9NO4. The molecule has 0 spiro atoms. The van der Waals surface area contributed by atoms with Gasteiger partial charge in [0.1, 0.15) is 0 Å².